The van der Waals surface area contributed by atoms with Gasteiger partial charge < -0.3 is 19.8 Å². The number of hydrogen-bond donors (Lipinski definition) is 2. The Morgan fingerprint density at radius 1 is 1.11 bits per heavy atom. The predicted molar refractivity (Wildman–Crippen MR) is 139 cm³/mol. The van der Waals surface area contributed by atoms with Crippen LogP contribution < -0.4 is 15.4 Å². The number of ether oxygens (including phenoxy) is 1. The number of likely N-dealkylation sites (tertiary alicyclic amines) is 1. The lowest BCUT2D eigenvalue weighted by molar-refractivity contribution is -0.126. The summed E-state index contributed by atoms with van der Waals surface area (Å²) in [6, 6.07) is 14.7. The molecule has 0 saturated carbocycles. The molecule has 1 saturated heterocycles. The Bertz CT molecular complexity index is 1190. The molecule has 0 radical (unpaired) electrons. The second-order valence-corrected chi connectivity index (χ2v) is 9.32. The highest BCUT2D eigenvalue weighted by Crippen LogP contribution is 2.25. The molecule has 2 N–H and O–H groups in total. The Balaban J connectivity index is 1.34. The van der Waals surface area contributed by atoms with Gasteiger partial charge in [-0.25, -0.2) is 4.98 Å². The average Bonchev–Trinajstić information content (AvgIpc) is 3.10. The SMILES string of the molecule is Cc1ccc(OCC(=O)Nc2cccc(-c3nc(CNC(=O)[C@@H]4CCCCCN4C)c(C)o3)c2)cc1. The molecule has 36 heavy (non-hydrogen) atoms. The van der Waals surface area contributed by atoms with Crippen molar-refractivity contribution in [3.8, 4) is 17.2 Å². The van der Waals surface area contributed by atoms with Crippen molar-refractivity contribution in [1.29, 1.82) is 0 Å². The standard InChI is InChI=1S/C28H34N4O4/c1-19-11-13-23(14-12-19)35-18-26(33)30-22-9-7-8-21(16-22)28-31-24(20(2)36-28)17-29-27(34)25-10-5-4-6-15-32(25)3/h7-9,11-14,16,25H,4-6,10,15,17-18H2,1-3H3,(H,29,34)(H,30,33)/t25-/m0/s1. The van der Waals surface area contributed by atoms with Crippen LogP contribution in [0.4, 0.5) is 5.69 Å². The highest BCUT2D eigenvalue weighted by molar-refractivity contribution is 5.92. The second-order valence-electron chi connectivity index (χ2n) is 9.32. The lowest BCUT2D eigenvalue weighted by Gasteiger charge is -2.24. The van der Waals surface area contributed by atoms with Crippen molar-refractivity contribution < 1.29 is 18.7 Å². The third-order valence-corrected chi connectivity index (χ3v) is 6.43. The molecule has 8 heteroatoms. The number of likely N-dealkylation sites (N-methyl/N-ethyl adjacent to an activating group) is 1. The predicted octanol–water partition coefficient (Wildman–Crippen LogP) is 4.47. The Hall–Kier alpha value is -3.65. The van der Waals surface area contributed by atoms with Gasteiger partial charge in [-0.2, -0.15) is 0 Å². The van der Waals surface area contributed by atoms with Crippen LogP contribution in [0.25, 0.3) is 11.5 Å². The molecule has 3 aromatic rings. The number of rotatable bonds is 8. The van der Waals surface area contributed by atoms with Gasteiger partial charge in [0.25, 0.3) is 5.91 Å². The summed E-state index contributed by atoms with van der Waals surface area (Å²) in [5.41, 5.74) is 3.17. The van der Waals surface area contributed by atoms with Crippen molar-refractivity contribution in [3.05, 3.63) is 65.5 Å². The van der Waals surface area contributed by atoms with Crippen LogP contribution in [0.5, 0.6) is 5.75 Å². The van der Waals surface area contributed by atoms with Crippen LogP contribution in [-0.4, -0.2) is 47.9 Å². The molecule has 190 valence electrons. The molecule has 2 amide bonds. The van der Waals surface area contributed by atoms with Gasteiger partial charge >= 0.3 is 0 Å². The van der Waals surface area contributed by atoms with Crippen molar-refractivity contribution in [2.45, 2.75) is 52.1 Å². The molecular formula is C28H34N4O4. The summed E-state index contributed by atoms with van der Waals surface area (Å²) in [5.74, 6) is 1.50. The second kappa shape index (κ2) is 11.9. The molecule has 0 spiro atoms. The van der Waals surface area contributed by atoms with Gasteiger partial charge in [-0.05, 0) is 70.6 Å². The van der Waals surface area contributed by atoms with E-state index in [-0.39, 0.29) is 24.5 Å². The number of amides is 2. The van der Waals surface area contributed by atoms with Crippen LogP contribution >= 0.6 is 0 Å². The normalized spacial score (nSPS) is 16.2. The van der Waals surface area contributed by atoms with Crippen molar-refractivity contribution >= 4 is 17.5 Å². The van der Waals surface area contributed by atoms with E-state index in [1.165, 1.54) is 6.42 Å². The zero-order chi connectivity index (χ0) is 25.5. The third-order valence-electron chi connectivity index (χ3n) is 6.43. The van der Waals surface area contributed by atoms with Crippen LogP contribution in [0, 0.1) is 13.8 Å². The van der Waals surface area contributed by atoms with Crippen LogP contribution in [0.2, 0.25) is 0 Å². The summed E-state index contributed by atoms with van der Waals surface area (Å²) >= 11 is 0. The first-order valence-corrected chi connectivity index (χ1v) is 12.4. The van der Waals surface area contributed by atoms with E-state index in [2.05, 4.69) is 20.5 Å². The summed E-state index contributed by atoms with van der Waals surface area (Å²) in [5, 5.41) is 5.87. The number of nitrogens with zero attached hydrogens (tertiary/aromatic N) is 2. The van der Waals surface area contributed by atoms with Crippen LogP contribution in [0.3, 0.4) is 0 Å². The quantitative estimate of drug-likeness (QED) is 0.484. The van der Waals surface area contributed by atoms with Gasteiger partial charge in [-0.1, -0.05) is 36.6 Å². The molecule has 1 fully saturated rings. The van der Waals surface area contributed by atoms with Gasteiger partial charge in [-0.3, -0.25) is 14.5 Å². The van der Waals surface area contributed by atoms with E-state index in [9.17, 15) is 9.59 Å². The number of nitrogens with one attached hydrogen (secondary N) is 2. The maximum absolute atomic E-state index is 12.8. The smallest absolute Gasteiger partial charge is 0.262 e. The fourth-order valence-corrected chi connectivity index (χ4v) is 4.30. The molecule has 0 unspecified atom stereocenters. The van der Waals surface area contributed by atoms with Crippen molar-refractivity contribution in [3.63, 3.8) is 0 Å². The number of benzene rings is 2. The number of carbonyl (C=O) groups is 2. The van der Waals surface area contributed by atoms with E-state index in [1.807, 2.05) is 57.3 Å². The summed E-state index contributed by atoms with van der Waals surface area (Å²) in [7, 11) is 2.01. The minimum atomic E-state index is -0.261. The largest absolute Gasteiger partial charge is 0.484 e. The van der Waals surface area contributed by atoms with Gasteiger partial charge in [0.05, 0.1) is 12.6 Å². The highest BCUT2D eigenvalue weighted by Gasteiger charge is 2.25. The minimum Gasteiger partial charge on any atom is -0.484 e. The van der Waals surface area contributed by atoms with Gasteiger partial charge in [0.1, 0.15) is 17.2 Å². The van der Waals surface area contributed by atoms with E-state index in [0.717, 1.165) is 36.9 Å². The number of oxazole rings is 1. The lowest BCUT2D eigenvalue weighted by atomic mass is 10.1. The first-order chi connectivity index (χ1) is 17.4. The molecule has 2 aromatic carbocycles. The van der Waals surface area contributed by atoms with E-state index >= 15 is 0 Å². The van der Waals surface area contributed by atoms with E-state index in [0.29, 0.717) is 35.3 Å². The number of hydrogen-bond acceptors (Lipinski definition) is 6. The van der Waals surface area contributed by atoms with Crippen LogP contribution in [0.1, 0.15) is 42.7 Å². The molecule has 1 atom stereocenters. The molecular weight excluding hydrogens is 456 g/mol. The fraction of sp³-hybridized carbons (Fsp3) is 0.393. The summed E-state index contributed by atoms with van der Waals surface area (Å²) in [6.07, 6.45) is 4.24. The van der Waals surface area contributed by atoms with Gasteiger partial charge in [-0.15, -0.1) is 0 Å². The van der Waals surface area contributed by atoms with Crippen molar-refractivity contribution in [2.24, 2.45) is 0 Å². The van der Waals surface area contributed by atoms with E-state index < -0.39 is 0 Å². The Kier molecular flexibility index (Phi) is 8.38. The number of anilines is 1. The van der Waals surface area contributed by atoms with Crippen molar-refractivity contribution in [2.75, 3.05) is 25.5 Å². The van der Waals surface area contributed by atoms with Gasteiger partial charge in [0.2, 0.25) is 11.8 Å². The van der Waals surface area contributed by atoms with Gasteiger partial charge in [0, 0.05) is 11.3 Å². The Morgan fingerprint density at radius 2 is 1.92 bits per heavy atom. The zero-order valence-electron chi connectivity index (χ0n) is 21.2. The highest BCUT2D eigenvalue weighted by atomic mass is 16.5. The van der Waals surface area contributed by atoms with Crippen LogP contribution in [0.15, 0.2) is 52.9 Å². The summed E-state index contributed by atoms with van der Waals surface area (Å²) in [4.78, 5) is 31.9. The molecule has 1 aliphatic rings. The molecule has 4 rings (SSSR count). The third kappa shape index (κ3) is 6.73. The van der Waals surface area contributed by atoms with Gasteiger partial charge in [0.15, 0.2) is 6.61 Å². The number of aryl methyl sites for hydroxylation is 2. The summed E-state index contributed by atoms with van der Waals surface area (Å²) in [6.45, 7) is 4.99. The Labute approximate surface area is 212 Å². The van der Waals surface area contributed by atoms with E-state index in [1.54, 1.807) is 12.1 Å². The van der Waals surface area contributed by atoms with Crippen LogP contribution in [-0.2, 0) is 16.1 Å². The molecule has 0 bridgehead atoms. The fourth-order valence-electron chi connectivity index (χ4n) is 4.30. The molecule has 1 aromatic heterocycles. The van der Waals surface area contributed by atoms with Crippen molar-refractivity contribution in [1.82, 2.24) is 15.2 Å². The molecule has 1 aliphatic heterocycles. The maximum atomic E-state index is 12.8. The lowest BCUT2D eigenvalue weighted by Crippen LogP contribution is -2.44. The minimum absolute atomic E-state index is 0.0286. The monoisotopic (exact) mass is 490 g/mol. The molecule has 8 nitrogen and oxygen atoms in total. The average molecular weight is 491 g/mol. The first-order valence-electron chi connectivity index (χ1n) is 12.4. The maximum Gasteiger partial charge on any atom is 0.262 e. The topological polar surface area (TPSA) is 96.7 Å². The number of carbonyl (C=O) groups excluding carboxylic acids is 2. The molecule has 2 heterocycles. The van der Waals surface area contributed by atoms with E-state index in [4.69, 9.17) is 9.15 Å². The zero-order valence-corrected chi connectivity index (χ0v) is 21.2. The Morgan fingerprint density at radius 3 is 2.72 bits per heavy atom. The summed E-state index contributed by atoms with van der Waals surface area (Å²) < 4.78 is 11.4. The first kappa shape index (κ1) is 25.4. The number of aromatic nitrogens is 1. The molecule has 0 aliphatic carbocycles.